The lowest BCUT2D eigenvalue weighted by molar-refractivity contribution is -0.139. The number of amides is 2. The molecule has 2 aliphatic rings. The normalized spacial score (nSPS) is 21.7. The average Bonchev–Trinajstić information content (AvgIpc) is 3.21. The summed E-state index contributed by atoms with van der Waals surface area (Å²) in [5.41, 5.74) is 2.15. The van der Waals surface area contributed by atoms with Crippen LogP contribution in [0.3, 0.4) is 0 Å². The zero-order valence-electron chi connectivity index (χ0n) is 11.1. The Kier molecular flexibility index (Phi) is 3.01. The summed E-state index contributed by atoms with van der Waals surface area (Å²) in [6, 6.07) is 7.78. The molecule has 0 bridgehead atoms. The number of hydrogen-bond acceptors (Lipinski definition) is 2. The Hall–Kier alpha value is -1.84. The monoisotopic (exact) mass is 258 g/mol. The van der Waals surface area contributed by atoms with E-state index < -0.39 is 6.04 Å². The maximum atomic E-state index is 12.4. The molecule has 4 heteroatoms. The van der Waals surface area contributed by atoms with Gasteiger partial charge in [-0.3, -0.25) is 9.59 Å². The van der Waals surface area contributed by atoms with Gasteiger partial charge in [-0.15, -0.1) is 0 Å². The SMILES string of the molecule is CC(=O)N1CCc2ccccc2C1C(=O)NC1CC1. The molecule has 4 nitrogen and oxygen atoms in total. The van der Waals surface area contributed by atoms with Crippen molar-refractivity contribution in [2.75, 3.05) is 6.54 Å². The van der Waals surface area contributed by atoms with Gasteiger partial charge >= 0.3 is 0 Å². The molecule has 1 heterocycles. The van der Waals surface area contributed by atoms with Gasteiger partial charge in [0.25, 0.3) is 0 Å². The molecule has 19 heavy (non-hydrogen) atoms. The fourth-order valence-corrected chi connectivity index (χ4v) is 2.70. The number of nitrogens with one attached hydrogen (secondary N) is 1. The Labute approximate surface area is 112 Å². The lowest BCUT2D eigenvalue weighted by Gasteiger charge is -2.35. The Morgan fingerprint density at radius 1 is 1.26 bits per heavy atom. The fraction of sp³-hybridized carbons (Fsp3) is 0.467. The second-order valence-electron chi connectivity index (χ2n) is 5.35. The van der Waals surface area contributed by atoms with E-state index in [9.17, 15) is 9.59 Å². The third kappa shape index (κ3) is 2.35. The summed E-state index contributed by atoms with van der Waals surface area (Å²) in [7, 11) is 0. The number of nitrogens with zero attached hydrogens (tertiary/aromatic N) is 1. The summed E-state index contributed by atoms with van der Waals surface area (Å²) in [5, 5.41) is 3.02. The number of fused-ring (bicyclic) bond motifs is 1. The first-order chi connectivity index (χ1) is 9.16. The first-order valence-corrected chi connectivity index (χ1v) is 6.82. The van der Waals surface area contributed by atoms with Crippen LogP contribution in [-0.2, 0) is 16.0 Å². The third-order valence-corrected chi connectivity index (χ3v) is 3.86. The van der Waals surface area contributed by atoms with Crippen molar-refractivity contribution in [3.63, 3.8) is 0 Å². The maximum absolute atomic E-state index is 12.4. The van der Waals surface area contributed by atoms with Crippen molar-refractivity contribution < 1.29 is 9.59 Å². The minimum Gasteiger partial charge on any atom is -0.351 e. The third-order valence-electron chi connectivity index (χ3n) is 3.86. The van der Waals surface area contributed by atoms with Crippen LogP contribution in [0.4, 0.5) is 0 Å². The molecular weight excluding hydrogens is 240 g/mol. The van der Waals surface area contributed by atoms with E-state index in [1.165, 1.54) is 12.5 Å². The van der Waals surface area contributed by atoms with Gasteiger partial charge in [0.2, 0.25) is 11.8 Å². The number of carbonyl (C=O) groups excluding carboxylic acids is 2. The van der Waals surface area contributed by atoms with Crippen LogP contribution in [0, 0.1) is 0 Å². The first-order valence-electron chi connectivity index (χ1n) is 6.82. The van der Waals surface area contributed by atoms with Crippen LogP contribution in [0.15, 0.2) is 24.3 Å². The molecule has 0 aromatic heterocycles. The molecule has 0 spiro atoms. The van der Waals surface area contributed by atoms with Crippen LogP contribution in [0.1, 0.15) is 36.9 Å². The molecule has 1 fully saturated rings. The van der Waals surface area contributed by atoms with Gasteiger partial charge in [-0.1, -0.05) is 24.3 Å². The van der Waals surface area contributed by atoms with E-state index in [1.54, 1.807) is 4.90 Å². The van der Waals surface area contributed by atoms with Crippen LogP contribution in [0.25, 0.3) is 0 Å². The standard InChI is InChI=1S/C15H18N2O2/c1-10(18)17-9-8-11-4-2-3-5-13(11)14(17)15(19)16-12-6-7-12/h2-5,12,14H,6-9H2,1H3,(H,16,19). The van der Waals surface area contributed by atoms with Gasteiger partial charge in [-0.05, 0) is 30.4 Å². The predicted molar refractivity (Wildman–Crippen MR) is 71.4 cm³/mol. The molecule has 1 saturated carbocycles. The Morgan fingerprint density at radius 2 is 2.00 bits per heavy atom. The quantitative estimate of drug-likeness (QED) is 0.872. The van der Waals surface area contributed by atoms with Crippen LogP contribution in [-0.4, -0.2) is 29.3 Å². The predicted octanol–water partition coefficient (Wildman–Crippen LogP) is 1.41. The lowest BCUT2D eigenvalue weighted by Crippen LogP contribution is -2.46. The molecule has 3 rings (SSSR count). The fourth-order valence-electron chi connectivity index (χ4n) is 2.70. The van der Waals surface area contributed by atoms with Gasteiger partial charge in [0.05, 0.1) is 0 Å². The van der Waals surface area contributed by atoms with Crippen LogP contribution < -0.4 is 5.32 Å². The van der Waals surface area contributed by atoms with Gasteiger partial charge < -0.3 is 10.2 Å². The summed E-state index contributed by atoms with van der Waals surface area (Å²) < 4.78 is 0. The summed E-state index contributed by atoms with van der Waals surface area (Å²) in [4.78, 5) is 25.9. The summed E-state index contributed by atoms with van der Waals surface area (Å²) >= 11 is 0. The van der Waals surface area contributed by atoms with E-state index in [4.69, 9.17) is 0 Å². The Balaban J connectivity index is 1.94. The smallest absolute Gasteiger partial charge is 0.247 e. The molecule has 100 valence electrons. The van der Waals surface area contributed by atoms with E-state index in [-0.39, 0.29) is 11.8 Å². The molecular formula is C15H18N2O2. The van der Waals surface area contributed by atoms with E-state index in [1.807, 2.05) is 24.3 Å². The second kappa shape index (κ2) is 4.68. The largest absolute Gasteiger partial charge is 0.351 e. The summed E-state index contributed by atoms with van der Waals surface area (Å²) in [6.45, 7) is 2.15. The van der Waals surface area contributed by atoms with Gasteiger partial charge in [0, 0.05) is 19.5 Å². The number of carbonyl (C=O) groups is 2. The van der Waals surface area contributed by atoms with Crippen molar-refractivity contribution in [1.29, 1.82) is 0 Å². The summed E-state index contributed by atoms with van der Waals surface area (Å²) in [6.07, 6.45) is 2.93. The number of hydrogen-bond donors (Lipinski definition) is 1. The van der Waals surface area contributed by atoms with Crippen molar-refractivity contribution in [2.45, 2.75) is 38.3 Å². The highest BCUT2D eigenvalue weighted by molar-refractivity contribution is 5.89. The van der Waals surface area contributed by atoms with Crippen molar-refractivity contribution in [2.24, 2.45) is 0 Å². The molecule has 1 aromatic rings. The highest BCUT2D eigenvalue weighted by atomic mass is 16.2. The van der Waals surface area contributed by atoms with E-state index in [0.717, 1.165) is 24.8 Å². The van der Waals surface area contributed by atoms with Gasteiger partial charge in [-0.2, -0.15) is 0 Å². The molecule has 1 aromatic carbocycles. The van der Waals surface area contributed by atoms with Crippen LogP contribution in [0.5, 0.6) is 0 Å². The topological polar surface area (TPSA) is 49.4 Å². The van der Waals surface area contributed by atoms with E-state index >= 15 is 0 Å². The zero-order valence-corrected chi connectivity index (χ0v) is 11.1. The number of rotatable bonds is 2. The summed E-state index contributed by atoms with van der Waals surface area (Å²) in [5.74, 6) is -0.0738. The average molecular weight is 258 g/mol. The van der Waals surface area contributed by atoms with Gasteiger partial charge in [0.15, 0.2) is 0 Å². The highest BCUT2D eigenvalue weighted by Gasteiger charge is 2.36. The van der Waals surface area contributed by atoms with Crippen molar-refractivity contribution in [3.8, 4) is 0 Å². The van der Waals surface area contributed by atoms with Crippen LogP contribution in [0.2, 0.25) is 0 Å². The molecule has 2 amide bonds. The molecule has 0 saturated heterocycles. The van der Waals surface area contributed by atoms with Gasteiger partial charge in [0.1, 0.15) is 6.04 Å². The van der Waals surface area contributed by atoms with Crippen molar-refractivity contribution in [3.05, 3.63) is 35.4 Å². The van der Waals surface area contributed by atoms with Crippen LogP contribution >= 0.6 is 0 Å². The molecule has 1 aliphatic heterocycles. The minimum atomic E-state index is -0.456. The minimum absolute atomic E-state index is 0.0366. The first kappa shape index (κ1) is 12.2. The Bertz CT molecular complexity index is 523. The molecule has 1 aliphatic carbocycles. The van der Waals surface area contributed by atoms with Crippen molar-refractivity contribution in [1.82, 2.24) is 10.2 Å². The molecule has 1 N–H and O–H groups in total. The molecule has 1 unspecified atom stereocenters. The Morgan fingerprint density at radius 3 is 2.68 bits per heavy atom. The molecule has 1 atom stereocenters. The maximum Gasteiger partial charge on any atom is 0.247 e. The van der Waals surface area contributed by atoms with Crippen molar-refractivity contribution >= 4 is 11.8 Å². The van der Waals surface area contributed by atoms with E-state index in [2.05, 4.69) is 5.32 Å². The zero-order chi connectivity index (χ0) is 13.4. The molecule has 0 radical (unpaired) electrons. The lowest BCUT2D eigenvalue weighted by atomic mass is 9.92. The second-order valence-corrected chi connectivity index (χ2v) is 5.35. The van der Waals surface area contributed by atoms with E-state index in [0.29, 0.717) is 12.6 Å². The number of benzene rings is 1. The highest BCUT2D eigenvalue weighted by Crippen LogP contribution is 2.31. The van der Waals surface area contributed by atoms with Gasteiger partial charge in [-0.25, -0.2) is 0 Å².